The second kappa shape index (κ2) is 11.9. The average molecular weight is 553 g/mol. The number of alkyl halides is 2. The third-order valence-electron chi connectivity index (χ3n) is 7.31. The zero-order valence-corrected chi connectivity index (χ0v) is 22.6. The number of rotatable bonds is 10. The third-order valence-corrected chi connectivity index (χ3v) is 8.05. The van der Waals surface area contributed by atoms with E-state index in [1.54, 1.807) is 4.90 Å². The number of nitrogens with zero attached hydrogens (tertiary/aromatic N) is 2. The van der Waals surface area contributed by atoms with Gasteiger partial charge in [-0.1, -0.05) is 83.9 Å². The number of β-lactam (4-membered cyclic amide) rings is 1. The number of hydrogen-bond donors (Lipinski definition) is 1. The van der Waals surface area contributed by atoms with Crippen molar-refractivity contribution in [1.82, 2.24) is 15.1 Å². The summed E-state index contributed by atoms with van der Waals surface area (Å²) < 4.78 is 4.77. The van der Waals surface area contributed by atoms with Crippen LogP contribution < -0.4 is 10.1 Å². The van der Waals surface area contributed by atoms with E-state index >= 15 is 0 Å². The molecule has 2 heterocycles. The Morgan fingerprint density at radius 3 is 2.45 bits per heavy atom. The lowest BCUT2D eigenvalue weighted by Gasteiger charge is -2.49. The largest absolute Gasteiger partial charge is 0.492 e. The number of halogens is 2. The lowest BCUT2D eigenvalue weighted by molar-refractivity contribution is -0.148. The van der Waals surface area contributed by atoms with Gasteiger partial charge in [-0.15, -0.1) is 0 Å². The summed E-state index contributed by atoms with van der Waals surface area (Å²) in [4.78, 5) is 28.2. The highest BCUT2D eigenvalue weighted by Gasteiger charge is 2.59. The lowest BCUT2D eigenvalue weighted by atomic mass is 9.92. The number of carbonyl (C=O) groups is 2. The Kier molecular flexibility index (Phi) is 8.34. The van der Waals surface area contributed by atoms with Gasteiger partial charge < -0.3 is 15.0 Å². The highest BCUT2D eigenvalue weighted by molar-refractivity contribution is 6.60. The van der Waals surface area contributed by atoms with Gasteiger partial charge in [0.1, 0.15) is 18.6 Å². The van der Waals surface area contributed by atoms with Gasteiger partial charge in [-0.05, 0) is 41.3 Å². The molecule has 1 amide bonds. The minimum atomic E-state index is -1.48. The quantitative estimate of drug-likeness (QED) is 0.222. The van der Waals surface area contributed by atoms with E-state index in [0.29, 0.717) is 18.7 Å². The van der Waals surface area contributed by atoms with Crippen LogP contribution in [0.2, 0.25) is 0 Å². The fourth-order valence-corrected chi connectivity index (χ4v) is 5.94. The number of ether oxygens (including phenoxy) is 1. The molecular formula is C30H31Cl2N3O3. The molecule has 6 nitrogen and oxygen atoms in total. The number of nitrogens with one attached hydrogen (secondary N) is 1. The third kappa shape index (κ3) is 5.74. The van der Waals surface area contributed by atoms with Crippen LogP contribution >= 0.6 is 23.2 Å². The van der Waals surface area contributed by atoms with Gasteiger partial charge >= 0.3 is 0 Å². The first kappa shape index (κ1) is 26.7. The normalized spacial score (nSPS) is 20.0. The predicted octanol–water partition coefficient (Wildman–Crippen LogP) is 4.82. The topological polar surface area (TPSA) is 61.9 Å². The molecular weight excluding hydrogens is 521 g/mol. The van der Waals surface area contributed by atoms with Crippen molar-refractivity contribution in [2.45, 2.75) is 22.8 Å². The number of benzene rings is 3. The number of aldehydes is 1. The number of likely N-dealkylation sites (tertiary alicyclic amines) is 1. The molecule has 0 aliphatic carbocycles. The van der Waals surface area contributed by atoms with Crippen LogP contribution in [0.3, 0.4) is 0 Å². The summed E-state index contributed by atoms with van der Waals surface area (Å²) in [6.45, 7) is 4.62. The molecule has 0 spiro atoms. The Morgan fingerprint density at radius 1 is 1.00 bits per heavy atom. The van der Waals surface area contributed by atoms with Crippen molar-refractivity contribution in [3.8, 4) is 5.75 Å². The van der Waals surface area contributed by atoms with E-state index < -0.39 is 10.4 Å². The predicted molar refractivity (Wildman–Crippen MR) is 150 cm³/mol. The first-order valence-electron chi connectivity index (χ1n) is 12.9. The van der Waals surface area contributed by atoms with Crippen molar-refractivity contribution in [3.05, 3.63) is 101 Å². The Morgan fingerprint density at radius 2 is 1.74 bits per heavy atom. The van der Waals surface area contributed by atoms with Crippen molar-refractivity contribution in [1.29, 1.82) is 0 Å². The summed E-state index contributed by atoms with van der Waals surface area (Å²) in [6, 6.07) is 25.0. The van der Waals surface area contributed by atoms with Crippen molar-refractivity contribution < 1.29 is 14.3 Å². The van der Waals surface area contributed by atoms with Crippen LogP contribution in [-0.2, 0) is 11.2 Å². The highest BCUT2D eigenvalue weighted by Crippen LogP contribution is 2.51. The fraction of sp³-hybridized carbons (Fsp3) is 0.333. The maximum absolute atomic E-state index is 12.7. The van der Waals surface area contributed by atoms with E-state index in [0.717, 1.165) is 61.3 Å². The van der Waals surface area contributed by atoms with Crippen molar-refractivity contribution in [3.63, 3.8) is 0 Å². The lowest BCUT2D eigenvalue weighted by Crippen LogP contribution is -2.62. The van der Waals surface area contributed by atoms with E-state index in [-0.39, 0.29) is 11.9 Å². The number of hydrogen-bond acceptors (Lipinski definition) is 5. The van der Waals surface area contributed by atoms with E-state index in [1.807, 2.05) is 78.9 Å². The number of carbonyl (C=O) groups excluding carboxylic acids is 2. The van der Waals surface area contributed by atoms with Gasteiger partial charge in [0, 0.05) is 38.3 Å². The van der Waals surface area contributed by atoms with E-state index in [1.165, 1.54) is 0 Å². The summed E-state index contributed by atoms with van der Waals surface area (Å²) in [6.07, 6.45) is 1.60. The van der Waals surface area contributed by atoms with Gasteiger partial charge in [-0.2, -0.15) is 0 Å². The summed E-state index contributed by atoms with van der Waals surface area (Å²) in [5.41, 5.74) is 3.74. The van der Waals surface area contributed by atoms with Crippen LogP contribution in [0.25, 0.3) is 0 Å². The standard InChI is InChI=1S/C30H31Cl2N3O3/c31-30(32)28(35(29(30)37)16-13-22-5-2-1-3-6-22)24-9-11-26(12-10-24)38-21-27(34-17-14-33-15-18-34)25-8-4-7-23(19-25)20-36/h1-12,19-20,27-28,33H,13-18,21H2. The zero-order chi connectivity index (χ0) is 26.5. The molecule has 38 heavy (non-hydrogen) atoms. The Hall–Kier alpha value is -2.90. The summed E-state index contributed by atoms with van der Waals surface area (Å²) in [5, 5.41) is 3.39. The molecule has 3 aromatic carbocycles. The van der Waals surface area contributed by atoms with Crippen molar-refractivity contribution in [2.75, 3.05) is 39.3 Å². The van der Waals surface area contributed by atoms with Crippen LogP contribution in [0.5, 0.6) is 5.75 Å². The molecule has 0 saturated carbocycles. The molecule has 2 fully saturated rings. The molecule has 3 aromatic rings. The smallest absolute Gasteiger partial charge is 0.262 e. The van der Waals surface area contributed by atoms with E-state index in [4.69, 9.17) is 27.9 Å². The minimum Gasteiger partial charge on any atom is -0.492 e. The van der Waals surface area contributed by atoms with E-state index in [9.17, 15) is 9.59 Å². The summed E-state index contributed by atoms with van der Waals surface area (Å²) in [7, 11) is 0. The van der Waals surface area contributed by atoms with Crippen LogP contribution in [0.1, 0.15) is 39.1 Å². The summed E-state index contributed by atoms with van der Waals surface area (Å²) >= 11 is 12.9. The van der Waals surface area contributed by atoms with Gasteiger partial charge in [0.25, 0.3) is 5.91 Å². The van der Waals surface area contributed by atoms with Crippen LogP contribution in [0.4, 0.5) is 0 Å². The average Bonchev–Trinajstić information content (AvgIpc) is 2.96. The zero-order valence-electron chi connectivity index (χ0n) is 21.1. The second-order valence-corrected chi connectivity index (χ2v) is 11.1. The Bertz CT molecular complexity index is 1250. The molecule has 0 radical (unpaired) electrons. The molecule has 0 bridgehead atoms. The maximum Gasteiger partial charge on any atom is 0.262 e. The Balaban J connectivity index is 1.27. The first-order chi connectivity index (χ1) is 18.5. The van der Waals surface area contributed by atoms with Gasteiger partial charge in [0.2, 0.25) is 4.33 Å². The molecule has 0 aromatic heterocycles. The first-order valence-corrected chi connectivity index (χ1v) is 13.7. The fourth-order valence-electron chi connectivity index (χ4n) is 5.24. The van der Waals surface area contributed by atoms with E-state index in [2.05, 4.69) is 10.2 Å². The molecule has 2 unspecified atom stereocenters. The van der Waals surface area contributed by atoms with Gasteiger partial charge in [0.05, 0.1) is 12.1 Å². The molecule has 8 heteroatoms. The monoisotopic (exact) mass is 551 g/mol. The molecule has 198 valence electrons. The number of amides is 1. The van der Waals surface area contributed by atoms with Gasteiger partial charge in [-0.25, -0.2) is 0 Å². The molecule has 2 saturated heterocycles. The second-order valence-electron chi connectivity index (χ2n) is 9.73. The molecule has 2 atom stereocenters. The molecule has 1 N–H and O–H groups in total. The van der Waals surface area contributed by atoms with Crippen LogP contribution in [0, 0.1) is 0 Å². The van der Waals surface area contributed by atoms with Gasteiger partial charge in [0.15, 0.2) is 0 Å². The van der Waals surface area contributed by atoms with Crippen LogP contribution in [-0.4, -0.2) is 65.7 Å². The molecule has 5 rings (SSSR count). The van der Waals surface area contributed by atoms with Crippen LogP contribution in [0.15, 0.2) is 78.9 Å². The molecule has 2 aliphatic rings. The maximum atomic E-state index is 12.7. The summed E-state index contributed by atoms with van der Waals surface area (Å²) in [5.74, 6) is 0.454. The highest BCUT2D eigenvalue weighted by atomic mass is 35.5. The van der Waals surface area contributed by atoms with Crippen molar-refractivity contribution in [2.24, 2.45) is 0 Å². The SMILES string of the molecule is O=Cc1cccc(C(COc2ccc(C3N(CCc4ccccc4)C(=O)C3(Cl)Cl)cc2)N2CCNCC2)c1. The minimum absolute atomic E-state index is 0.0211. The van der Waals surface area contributed by atoms with Crippen molar-refractivity contribution >= 4 is 35.4 Å². The Labute approximate surface area is 233 Å². The molecule has 2 aliphatic heterocycles. The number of piperazine rings is 1. The van der Waals surface area contributed by atoms with Gasteiger partial charge in [-0.3, -0.25) is 14.5 Å².